The third-order valence-electron chi connectivity index (χ3n) is 5.93. The predicted octanol–water partition coefficient (Wildman–Crippen LogP) is 4.84. The largest absolute Gasteiger partial charge is 0.497 e. The fourth-order valence-electron chi connectivity index (χ4n) is 4.22. The number of aromatic nitrogens is 1. The molecule has 0 amide bonds. The molecule has 0 spiro atoms. The molecule has 1 aromatic heterocycles. The van der Waals surface area contributed by atoms with Gasteiger partial charge in [-0.1, -0.05) is 18.2 Å². The Labute approximate surface area is 177 Å². The number of methoxy groups -OCH3 is 2. The molecule has 0 radical (unpaired) electrons. The van der Waals surface area contributed by atoms with Crippen LogP contribution in [0.1, 0.15) is 29.4 Å². The lowest BCUT2D eigenvalue weighted by Crippen LogP contribution is -2.38. The molecular formula is C25H28N2O3. The smallest absolute Gasteiger partial charge is 0.186 e. The Kier molecular flexibility index (Phi) is 5.91. The molecule has 1 aliphatic heterocycles. The van der Waals surface area contributed by atoms with Gasteiger partial charge in [0.15, 0.2) is 5.78 Å². The number of allylic oxidation sites excluding steroid dienone is 1. The SMILES string of the molecule is C/C=C1/CN(Cc2ccc(OC)cc2)CC[C@H]1C(=O)c1cc2cc(OC)ccc2[nH]1. The first-order valence-electron chi connectivity index (χ1n) is 10.3. The number of hydrogen-bond acceptors (Lipinski definition) is 4. The lowest BCUT2D eigenvalue weighted by atomic mass is 9.86. The van der Waals surface area contributed by atoms with Crippen molar-refractivity contribution in [2.24, 2.45) is 5.92 Å². The fraction of sp³-hybridized carbons (Fsp3) is 0.320. The second-order valence-corrected chi connectivity index (χ2v) is 7.76. The van der Waals surface area contributed by atoms with E-state index >= 15 is 0 Å². The van der Waals surface area contributed by atoms with Crippen LogP contribution in [0.5, 0.6) is 11.5 Å². The second-order valence-electron chi connectivity index (χ2n) is 7.76. The molecule has 30 heavy (non-hydrogen) atoms. The second kappa shape index (κ2) is 8.76. The number of fused-ring (bicyclic) bond motifs is 1. The summed E-state index contributed by atoms with van der Waals surface area (Å²) >= 11 is 0. The minimum atomic E-state index is -0.0722. The van der Waals surface area contributed by atoms with E-state index in [1.54, 1.807) is 14.2 Å². The van der Waals surface area contributed by atoms with Crippen molar-refractivity contribution in [2.75, 3.05) is 27.3 Å². The number of ketones is 1. The quantitative estimate of drug-likeness (QED) is 0.472. The summed E-state index contributed by atoms with van der Waals surface area (Å²) < 4.78 is 10.5. The lowest BCUT2D eigenvalue weighted by molar-refractivity contribution is 0.0893. The van der Waals surface area contributed by atoms with Crippen molar-refractivity contribution < 1.29 is 14.3 Å². The van der Waals surface area contributed by atoms with Crippen molar-refractivity contribution in [3.8, 4) is 11.5 Å². The zero-order valence-electron chi connectivity index (χ0n) is 17.8. The Morgan fingerprint density at radius 3 is 2.53 bits per heavy atom. The maximum atomic E-state index is 13.3. The molecule has 1 N–H and O–H groups in total. The number of aromatic amines is 1. The number of nitrogens with one attached hydrogen (secondary N) is 1. The van der Waals surface area contributed by atoms with E-state index in [9.17, 15) is 4.79 Å². The highest BCUT2D eigenvalue weighted by molar-refractivity contribution is 6.02. The molecule has 1 saturated heterocycles. The van der Waals surface area contributed by atoms with Crippen LogP contribution in [0, 0.1) is 5.92 Å². The number of ether oxygens (including phenoxy) is 2. The summed E-state index contributed by atoms with van der Waals surface area (Å²) in [5, 5.41) is 0.997. The Morgan fingerprint density at radius 1 is 1.10 bits per heavy atom. The zero-order chi connectivity index (χ0) is 21.1. The molecule has 0 bridgehead atoms. The Hall–Kier alpha value is -3.05. The first-order chi connectivity index (χ1) is 14.6. The van der Waals surface area contributed by atoms with Gasteiger partial charge in [0.2, 0.25) is 0 Å². The van der Waals surface area contributed by atoms with Crippen LogP contribution in [0.3, 0.4) is 0 Å². The molecule has 0 unspecified atom stereocenters. The van der Waals surface area contributed by atoms with E-state index in [1.165, 1.54) is 11.1 Å². The molecule has 4 rings (SSSR count). The first-order valence-corrected chi connectivity index (χ1v) is 10.3. The maximum Gasteiger partial charge on any atom is 0.186 e. The molecule has 1 atom stereocenters. The zero-order valence-corrected chi connectivity index (χ0v) is 17.8. The van der Waals surface area contributed by atoms with Crippen LogP contribution in [0.15, 0.2) is 60.2 Å². The van der Waals surface area contributed by atoms with Gasteiger partial charge < -0.3 is 14.5 Å². The first kappa shape index (κ1) is 20.2. The van der Waals surface area contributed by atoms with E-state index < -0.39 is 0 Å². The Bertz CT molecular complexity index is 1070. The number of benzene rings is 2. The van der Waals surface area contributed by atoms with Gasteiger partial charge in [0.1, 0.15) is 11.5 Å². The van der Waals surface area contributed by atoms with Crippen LogP contribution in [0.25, 0.3) is 10.9 Å². The van der Waals surface area contributed by atoms with Gasteiger partial charge in [-0.2, -0.15) is 0 Å². The fourth-order valence-corrected chi connectivity index (χ4v) is 4.22. The minimum Gasteiger partial charge on any atom is -0.497 e. The maximum absolute atomic E-state index is 13.3. The third-order valence-corrected chi connectivity index (χ3v) is 5.93. The number of piperidine rings is 1. The summed E-state index contributed by atoms with van der Waals surface area (Å²) in [5.41, 5.74) is 4.07. The van der Waals surface area contributed by atoms with E-state index in [1.807, 2.05) is 43.3 Å². The molecule has 1 fully saturated rings. The summed E-state index contributed by atoms with van der Waals surface area (Å²) in [7, 11) is 3.33. The Balaban J connectivity index is 1.46. The van der Waals surface area contributed by atoms with Crippen molar-refractivity contribution in [3.63, 3.8) is 0 Å². The third kappa shape index (κ3) is 4.12. The van der Waals surface area contributed by atoms with Crippen molar-refractivity contribution >= 4 is 16.7 Å². The number of hydrogen-bond donors (Lipinski definition) is 1. The average Bonchev–Trinajstić information content (AvgIpc) is 3.22. The van der Waals surface area contributed by atoms with Gasteiger partial charge in [-0.15, -0.1) is 0 Å². The molecule has 156 valence electrons. The highest BCUT2D eigenvalue weighted by Crippen LogP contribution is 2.29. The topological polar surface area (TPSA) is 54.6 Å². The molecule has 2 heterocycles. The van der Waals surface area contributed by atoms with Crippen LogP contribution in [-0.4, -0.2) is 43.0 Å². The molecule has 0 aliphatic carbocycles. The van der Waals surface area contributed by atoms with Gasteiger partial charge >= 0.3 is 0 Å². The van der Waals surface area contributed by atoms with Crippen molar-refractivity contribution in [1.82, 2.24) is 9.88 Å². The molecule has 5 heteroatoms. The number of rotatable bonds is 6. The summed E-state index contributed by atoms with van der Waals surface area (Å²) in [5.74, 6) is 1.76. The van der Waals surface area contributed by atoms with E-state index in [0.717, 1.165) is 48.5 Å². The summed E-state index contributed by atoms with van der Waals surface area (Å²) in [4.78, 5) is 19.0. The van der Waals surface area contributed by atoms with Gasteiger partial charge in [-0.05, 0) is 67.4 Å². The van der Waals surface area contributed by atoms with E-state index in [4.69, 9.17) is 9.47 Å². The van der Waals surface area contributed by atoms with Crippen molar-refractivity contribution in [3.05, 3.63) is 71.4 Å². The predicted molar refractivity (Wildman–Crippen MR) is 119 cm³/mol. The summed E-state index contributed by atoms with van der Waals surface area (Å²) in [6.45, 7) is 4.61. The monoisotopic (exact) mass is 404 g/mol. The van der Waals surface area contributed by atoms with Crippen LogP contribution in [0.4, 0.5) is 0 Å². The number of H-pyrrole nitrogens is 1. The van der Waals surface area contributed by atoms with Gasteiger partial charge in [0, 0.05) is 29.9 Å². The minimum absolute atomic E-state index is 0.0722. The van der Waals surface area contributed by atoms with Crippen LogP contribution in [0.2, 0.25) is 0 Å². The molecule has 2 aromatic carbocycles. The number of nitrogens with zero attached hydrogens (tertiary/aromatic N) is 1. The summed E-state index contributed by atoms with van der Waals surface area (Å²) in [6.07, 6.45) is 2.93. The molecular weight excluding hydrogens is 376 g/mol. The van der Waals surface area contributed by atoms with Crippen LogP contribution in [-0.2, 0) is 6.54 Å². The number of carbonyl (C=O) groups is 1. The molecule has 5 nitrogen and oxygen atoms in total. The van der Waals surface area contributed by atoms with Gasteiger partial charge in [-0.3, -0.25) is 9.69 Å². The normalized spacial score (nSPS) is 18.6. The molecule has 3 aromatic rings. The average molecular weight is 405 g/mol. The van der Waals surface area contributed by atoms with E-state index in [0.29, 0.717) is 5.69 Å². The van der Waals surface area contributed by atoms with Crippen LogP contribution < -0.4 is 9.47 Å². The number of Topliss-reactive ketones (excluding diaryl/α,β-unsaturated/α-hetero) is 1. The highest BCUT2D eigenvalue weighted by Gasteiger charge is 2.30. The molecule has 0 saturated carbocycles. The standard InChI is InChI=1S/C25H28N2O3/c1-4-18-16-27(15-17-5-7-20(29-2)8-6-17)12-11-22(18)25(28)24-14-19-13-21(30-3)9-10-23(19)26-24/h4-10,13-14,22,26H,11-12,15-16H2,1-3H3/b18-4-/t22-/m1/s1. The van der Waals surface area contributed by atoms with Gasteiger partial charge in [-0.25, -0.2) is 0 Å². The number of likely N-dealkylation sites (tertiary alicyclic amines) is 1. The van der Waals surface area contributed by atoms with Crippen molar-refractivity contribution in [2.45, 2.75) is 19.9 Å². The van der Waals surface area contributed by atoms with E-state index in [2.05, 4.69) is 28.1 Å². The molecule has 1 aliphatic rings. The van der Waals surface area contributed by atoms with E-state index in [-0.39, 0.29) is 11.7 Å². The number of carbonyl (C=O) groups excluding carboxylic acids is 1. The van der Waals surface area contributed by atoms with Gasteiger partial charge in [0.05, 0.1) is 19.9 Å². The van der Waals surface area contributed by atoms with Crippen LogP contribution >= 0.6 is 0 Å². The summed E-state index contributed by atoms with van der Waals surface area (Å²) in [6, 6.07) is 15.9. The van der Waals surface area contributed by atoms with Crippen molar-refractivity contribution in [1.29, 1.82) is 0 Å². The Morgan fingerprint density at radius 2 is 1.83 bits per heavy atom. The van der Waals surface area contributed by atoms with Gasteiger partial charge in [0.25, 0.3) is 0 Å². The highest BCUT2D eigenvalue weighted by atomic mass is 16.5. The lowest BCUT2D eigenvalue weighted by Gasteiger charge is -2.33.